The third-order valence-corrected chi connectivity index (χ3v) is 2.09. The molecule has 9 heavy (non-hydrogen) atoms. The molecular formula is C5H9IN2O. The van der Waals surface area contributed by atoms with Crippen LogP contribution in [0.3, 0.4) is 0 Å². The van der Waals surface area contributed by atoms with Crippen LogP contribution >= 0.6 is 22.6 Å². The minimum Gasteiger partial charge on any atom is -0.481 e. The highest BCUT2D eigenvalue weighted by Crippen LogP contribution is 2.02. The lowest BCUT2D eigenvalue weighted by molar-refractivity contribution is 0.349. The summed E-state index contributed by atoms with van der Waals surface area (Å²) in [6.07, 6.45) is 1.06. The molecule has 0 aromatic heterocycles. The zero-order valence-corrected chi connectivity index (χ0v) is 7.21. The Labute approximate surface area is 67.9 Å². The Hall–Kier alpha value is 0. The first-order valence-corrected chi connectivity index (χ1v) is 4.41. The van der Waals surface area contributed by atoms with Crippen molar-refractivity contribution >= 4 is 28.6 Å². The Morgan fingerprint density at radius 1 is 1.78 bits per heavy atom. The molecule has 1 aliphatic rings. The maximum atomic E-state index is 9.04. The van der Waals surface area contributed by atoms with E-state index in [9.17, 15) is 0 Å². The van der Waals surface area contributed by atoms with Crippen molar-refractivity contribution in [2.45, 2.75) is 6.42 Å². The van der Waals surface area contributed by atoms with Crippen molar-refractivity contribution in [2.24, 2.45) is 4.99 Å². The van der Waals surface area contributed by atoms with Gasteiger partial charge >= 0.3 is 0 Å². The zero-order valence-electron chi connectivity index (χ0n) is 5.05. The number of halogens is 1. The predicted octanol–water partition coefficient (Wildman–Crippen LogP) is 0.999. The summed E-state index contributed by atoms with van der Waals surface area (Å²) < 4.78 is 0.826. The molecule has 0 unspecified atom stereocenters. The molecule has 1 N–H and O–H groups in total. The van der Waals surface area contributed by atoms with Gasteiger partial charge < -0.3 is 10.0 Å². The molecule has 0 spiro atoms. The summed E-state index contributed by atoms with van der Waals surface area (Å²) >= 11 is 2.21. The lowest BCUT2D eigenvalue weighted by atomic mass is 10.4. The molecule has 0 aromatic rings. The summed E-state index contributed by atoms with van der Waals surface area (Å²) in [5, 5.41) is 9.04. The molecular weight excluding hydrogens is 231 g/mol. The molecule has 4 heteroatoms. The molecule has 0 amide bonds. The number of hydrogen-bond donors (Lipinski definition) is 1. The van der Waals surface area contributed by atoms with Crippen LogP contribution in [0.4, 0.5) is 0 Å². The smallest absolute Gasteiger partial charge is 0.285 e. The van der Waals surface area contributed by atoms with E-state index >= 15 is 0 Å². The second kappa shape index (κ2) is 3.24. The van der Waals surface area contributed by atoms with Crippen LogP contribution in [-0.4, -0.2) is 33.7 Å². The minimum absolute atomic E-state index is 0.204. The fraction of sp³-hybridized carbons (Fsp3) is 0.800. The summed E-state index contributed by atoms with van der Waals surface area (Å²) in [5.74, 6) is 0. The van der Waals surface area contributed by atoms with Crippen molar-refractivity contribution < 1.29 is 5.11 Å². The Kier molecular flexibility index (Phi) is 2.56. The van der Waals surface area contributed by atoms with Crippen LogP contribution in [0.15, 0.2) is 4.99 Å². The van der Waals surface area contributed by atoms with Gasteiger partial charge in [-0.3, -0.25) is 0 Å². The second-order valence-electron chi connectivity index (χ2n) is 1.92. The summed E-state index contributed by atoms with van der Waals surface area (Å²) in [4.78, 5) is 5.73. The van der Waals surface area contributed by atoms with Crippen molar-refractivity contribution in [3.63, 3.8) is 0 Å². The topological polar surface area (TPSA) is 35.8 Å². The van der Waals surface area contributed by atoms with Gasteiger partial charge in [-0.05, 0) is 6.42 Å². The quantitative estimate of drug-likeness (QED) is 0.421. The van der Waals surface area contributed by atoms with Crippen LogP contribution in [0.2, 0.25) is 0 Å². The summed E-state index contributed by atoms with van der Waals surface area (Å²) in [5.41, 5.74) is 0. The van der Waals surface area contributed by atoms with Crippen LogP contribution in [0.5, 0.6) is 0 Å². The number of alkyl halides is 1. The van der Waals surface area contributed by atoms with E-state index in [1.807, 2.05) is 4.90 Å². The standard InChI is InChI=1S/C5H9IN2O/c6-4-8-3-1-2-7-5(8)9/h1-4H2,(H,7,9). The number of amidine groups is 1. The Morgan fingerprint density at radius 2 is 2.56 bits per heavy atom. The fourth-order valence-corrected chi connectivity index (χ4v) is 1.40. The summed E-state index contributed by atoms with van der Waals surface area (Å²) in [6, 6.07) is 0.204. The number of rotatable bonds is 1. The van der Waals surface area contributed by atoms with Gasteiger partial charge in [0.05, 0.1) is 4.55 Å². The third-order valence-electron chi connectivity index (χ3n) is 1.27. The lowest BCUT2D eigenvalue weighted by Crippen LogP contribution is -2.34. The van der Waals surface area contributed by atoms with E-state index in [4.69, 9.17) is 5.11 Å². The van der Waals surface area contributed by atoms with Crippen molar-refractivity contribution in [3.8, 4) is 0 Å². The highest BCUT2D eigenvalue weighted by molar-refractivity contribution is 14.1. The number of hydrogen-bond acceptors (Lipinski definition) is 2. The normalized spacial score (nSPS) is 19.7. The average molecular weight is 240 g/mol. The van der Waals surface area contributed by atoms with Crippen LogP contribution in [0.25, 0.3) is 0 Å². The molecule has 0 radical (unpaired) electrons. The second-order valence-corrected chi connectivity index (χ2v) is 2.60. The average Bonchev–Trinajstić information content (AvgIpc) is 1.89. The first-order valence-electron chi connectivity index (χ1n) is 2.89. The number of aliphatic hydroxyl groups is 1. The zero-order chi connectivity index (χ0) is 6.69. The van der Waals surface area contributed by atoms with Gasteiger partial charge in [-0.25, -0.2) is 4.99 Å². The summed E-state index contributed by atoms with van der Waals surface area (Å²) in [6.45, 7) is 1.72. The first-order chi connectivity index (χ1) is 4.34. The molecule has 0 atom stereocenters. The van der Waals surface area contributed by atoms with E-state index in [1.54, 1.807) is 0 Å². The van der Waals surface area contributed by atoms with E-state index in [2.05, 4.69) is 27.6 Å². The summed E-state index contributed by atoms with van der Waals surface area (Å²) in [7, 11) is 0. The predicted molar refractivity (Wildman–Crippen MR) is 45.1 cm³/mol. The van der Waals surface area contributed by atoms with Crippen LogP contribution in [0, 0.1) is 0 Å². The minimum atomic E-state index is 0.204. The largest absolute Gasteiger partial charge is 0.481 e. The van der Waals surface area contributed by atoms with Gasteiger partial charge in [-0.1, -0.05) is 22.6 Å². The molecule has 0 aliphatic carbocycles. The molecule has 1 rings (SSSR count). The van der Waals surface area contributed by atoms with Crippen molar-refractivity contribution in [3.05, 3.63) is 0 Å². The molecule has 0 fully saturated rings. The van der Waals surface area contributed by atoms with E-state index in [-0.39, 0.29) is 6.02 Å². The molecule has 52 valence electrons. The first kappa shape index (κ1) is 7.11. The van der Waals surface area contributed by atoms with Gasteiger partial charge in [0.1, 0.15) is 0 Å². The molecule has 0 bridgehead atoms. The van der Waals surface area contributed by atoms with E-state index < -0.39 is 0 Å². The van der Waals surface area contributed by atoms with Crippen molar-refractivity contribution in [1.82, 2.24) is 4.90 Å². The van der Waals surface area contributed by atoms with Gasteiger partial charge in [0.15, 0.2) is 0 Å². The highest BCUT2D eigenvalue weighted by Gasteiger charge is 2.10. The van der Waals surface area contributed by atoms with Gasteiger partial charge in [0.2, 0.25) is 0 Å². The molecule has 3 nitrogen and oxygen atoms in total. The molecule has 1 aliphatic heterocycles. The molecule has 1 heterocycles. The molecule has 0 saturated carbocycles. The Morgan fingerprint density at radius 3 is 3.00 bits per heavy atom. The SMILES string of the molecule is OC1=NCCCN1CI. The number of nitrogens with zero attached hydrogens (tertiary/aromatic N) is 2. The Bertz CT molecular complexity index is 126. The number of aliphatic imine (C=N–C) groups is 1. The van der Waals surface area contributed by atoms with Gasteiger partial charge in [0, 0.05) is 13.1 Å². The molecule has 0 aromatic carbocycles. The van der Waals surface area contributed by atoms with E-state index in [0.29, 0.717) is 0 Å². The fourth-order valence-electron chi connectivity index (χ4n) is 0.754. The third kappa shape index (κ3) is 1.70. The van der Waals surface area contributed by atoms with Crippen LogP contribution in [0.1, 0.15) is 6.42 Å². The monoisotopic (exact) mass is 240 g/mol. The van der Waals surface area contributed by atoms with Gasteiger partial charge in [-0.2, -0.15) is 0 Å². The Balaban J connectivity index is 2.50. The van der Waals surface area contributed by atoms with Crippen molar-refractivity contribution in [1.29, 1.82) is 0 Å². The van der Waals surface area contributed by atoms with Crippen LogP contribution < -0.4 is 0 Å². The maximum absolute atomic E-state index is 9.04. The van der Waals surface area contributed by atoms with Crippen LogP contribution in [-0.2, 0) is 0 Å². The van der Waals surface area contributed by atoms with E-state index in [0.717, 1.165) is 24.1 Å². The lowest BCUT2D eigenvalue weighted by Gasteiger charge is -2.22. The highest BCUT2D eigenvalue weighted by atomic mass is 127. The maximum Gasteiger partial charge on any atom is 0.285 e. The number of aliphatic hydroxyl groups excluding tert-OH is 1. The van der Waals surface area contributed by atoms with Gasteiger partial charge in [-0.15, -0.1) is 0 Å². The van der Waals surface area contributed by atoms with Gasteiger partial charge in [0.25, 0.3) is 6.02 Å². The molecule has 0 saturated heterocycles. The van der Waals surface area contributed by atoms with E-state index in [1.165, 1.54) is 0 Å². The van der Waals surface area contributed by atoms with Crippen molar-refractivity contribution in [2.75, 3.05) is 17.6 Å².